The summed E-state index contributed by atoms with van der Waals surface area (Å²) in [5, 5.41) is 120. The highest BCUT2D eigenvalue weighted by Gasteiger charge is 2.51. The van der Waals surface area contributed by atoms with E-state index in [1.807, 2.05) is 0 Å². The number of hydrogen-bond acceptors (Lipinski definition) is 24. The van der Waals surface area contributed by atoms with E-state index in [-0.39, 0.29) is 71.7 Å². The molecule has 25 atom stereocenters. The van der Waals surface area contributed by atoms with Crippen molar-refractivity contribution in [2.24, 2.45) is 5.92 Å². The number of Topliss-reactive ketones (excluding diaryl/α,β-unsaturated/α-hetero) is 2. The molecule has 8 rings (SSSR count). The molecule has 6 aliphatic rings. The predicted molar refractivity (Wildman–Crippen MR) is 259 cm³/mol. The number of carbonyl (C=O) groups is 2. The Labute approximate surface area is 439 Å². The zero-order chi connectivity index (χ0) is 55.6. The molecule has 2 aromatic carbocycles. The quantitative estimate of drug-likeness (QED) is 0.110. The van der Waals surface area contributed by atoms with E-state index in [0.717, 1.165) is 0 Å². The second-order valence-corrected chi connectivity index (χ2v) is 21.7. The minimum atomic E-state index is -1.95. The number of hydrogen-bond donors (Lipinski definition) is 11. The summed E-state index contributed by atoms with van der Waals surface area (Å²) in [6, 6.07) is 3.03. The number of fused-ring (bicyclic) bond motifs is 2. The van der Waals surface area contributed by atoms with Crippen molar-refractivity contribution in [2.75, 3.05) is 7.11 Å². The Morgan fingerprint density at radius 2 is 1.17 bits per heavy atom. The van der Waals surface area contributed by atoms with Crippen molar-refractivity contribution in [1.29, 1.82) is 0 Å². The summed E-state index contributed by atoms with van der Waals surface area (Å²) in [5.41, 5.74) is -1.47. The molecule has 0 saturated carbocycles. The van der Waals surface area contributed by atoms with Gasteiger partial charge in [-0.15, -0.1) is 0 Å². The molecule has 0 bridgehead atoms. The van der Waals surface area contributed by atoms with Crippen molar-refractivity contribution in [2.45, 2.75) is 241 Å². The highest BCUT2D eigenvalue weighted by molar-refractivity contribution is 6.11. The SMILES string of the molecule is CO[C@H](C(=O)[C@@H](O)[C@@H](C)O)[C@@H]1Cc2cc3cc(O[C@H]4C[C@@H](O[C@H]5C[C@@H](O)[C@H](O)C(C)O5)[C@H](O)C(C)O4)c(C)c(O)c3c(O)c2C(=O)[C@H]1O[C@H]1C[C@@H](O[C@H]2C[C@H](O[C@H]3C[C@](C)(O)[C@H](O)C(C)O3)[C@@H](O)C(C)O2)[C@H](O)C(C)O1. The maximum Gasteiger partial charge on any atom is 0.202 e. The minimum Gasteiger partial charge on any atom is -0.507 e. The fourth-order valence-electron chi connectivity index (χ4n) is 11.3. The molecule has 2 aromatic rings. The Morgan fingerprint density at radius 1 is 0.684 bits per heavy atom. The molecule has 24 heteroatoms. The van der Waals surface area contributed by atoms with Crippen LogP contribution < -0.4 is 4.74 Å². The summed E-state index contributed by atoms with van der Waals surface area (Å²) in [4.78, 5) is 28.9. The number of ketones is 2. The zero-order valence-electron chi connectivity index (χ0n) is 44.0. The fraction of sp³-hybridized carbons (Fsp3) is 0.769. The first-order valence-electron chi connectivity index (χ1n) is 26.0. The monoisotopic (exact) mass is 1080 g/mol. The molecule has 5 saturated heterocycles. The van der Waals surface area contributed by atoms with Crippen molar-refractivity contribution in [3.05, 3.63) is 28.8 Å². The lowest BCUT2D eigenvalue weighted by Gasteiger charge is -2.46. The number of phenolic OH excluding ortho intramolecular Hbond substituents is 2. The lowest BCUT2D eigenvalue weighted by molar-refractivity contribution is -0.334. The van der Waals surface area contributed by atoms with Gasteiger partial charge in [0.1, 0.15) is 66.1 Å². The van der Waals surface area contributed by atoms with E-state index >= 15 is 4.79 Å². The van der Waals surface area contributed by atoms with Gasteiger partial charge in [-0.3, -0.25) is 9.59 Å². The fourth-order valence-corrected chi connectivity index (χ4v) is 11.3. The van der Waals surface area contributed by atoms with Crippen LogP contribution in [0.25, 0.3) is 10.8 Å². The molecule has 76 heavy (non-hydrogen) atoms. The van der Waals surface area contributed by atoms with Crippen molar-refractivity contribution >= 4 is 22.3 Å². The molecular weight excluding hydrogens is 1010 g/mol. The third-order valence-corrected chi connectivity index (χ3v) is 15.9. The number of methoxy groups -OCH3 is 1. The van der Waals surface area contributed by atoms with Crippen molar-refractivity contribution in [3.8, 4) is 17.2 Å². The molecule has 0 amide bonds. The number of aliphatic hydroxyl groups is 9. The average Bonchev–Trinajstić information content (AvgIpc) is 3.38. The molecule has 0 spiro atoms. The van der Waals surface area contributed by atoms with Crippen LogP contribution in [0.5, 0.6) is 17.2 Å². The topological polar surface area (TPSA) is 358 Å². The van der Waals surface area contributed by atoms with Gasteiger partial charge in [-0.1, -0.05) is 0 Å². The summed E-state index contributed by atoms with van der Waals surface area (Å²) in [6.45, 7) is 12.1. The molecule has 24 nitrogen and oxygen atoms in total. The molecule has 5 unspecified atom stereocenters. The number of carbonyl (C=O) groups excluding carboxylic acids is 2. The van der Waals surface area contributed by atoms with E-state index < -0.39 is 176 Å². The number of phenols is 2. The van der Waals surface area contributed by atoms with Gasteiger partial charge in [-0.25, -0.2) is 0 Å². The van der Waals surface area contributed by atoms with E-state index in [1.54, 1.807) is 27.7 Å². The minimum absolute atomic E-state index is 0.0365. The first-order chi connectivity index (χ1) is 35.7. The van der Waals surface area contributed by atoms with Gasteiger partial charge < -0.3 is 108 Å². The second-order valence-electron chi connectivity index (χ2n) is 21.7. The van der Waals surface area contributed by atoms with Gasteiger partial charge in [0.15, 0.2) is 36.7 Å². The number of aliphatic hydroxyl groups excluding tert-OH is 8. The smallest absolute Gasteiger partial charge is 0.202 e. The number of ether oxygens (including phenoxy) is 11. The molecule has 5 fully saturated rings. The van der Waals surface area contributed by atoms with Crippen LogP contribution in [0, 0.1) is 12.8 Å². The van der Waals surface area contributed by atoms with Gasteiger partial charge in [-0.05, 0) is 84.9 Å². The molecule has 428 valence electrons. The van der Waals surface area contributed by atoms with Gasteiger partial charge in [0.05, 0.1) is 77.6 Å². The van der Waals surface area contributed by atoms with Crippen LogP contribution in [0.1, 0.15) is 102 Å². The predicted octanol–water partition coefficient (Wildman–Crippen LogP) is -0.249. The van der Waals surface area contributed by atoms with Crippen LogP contribution in [0.4, 0.5) is 0 Å². The highest BCUT2D eigenvalue weighted by atomic mass is 16.7. The van der Waals surface area contributed by atoms with Crippen LogP contribution in [0.3, 0.4) is 0 Å². The van der Waals surface area contributed by atoms with E-state index in [0.29, 0.717) is 0 Å². The van der Waals surface area contributed by atoms with Crippen molar-refractivity contribution in [1.82, 2.24) is 0 Å². The van der Waals surface area contributed by atoms with Gasteiger partial charge in [0.2, 0.25) is 6.29 Å². The van der Waals surface area contributed by atoms with Crippen LogP contribution in [0.15, 0.2) is 12.1 Å². The Bertz CT molecular complexity index is 2350. The van der Waals surface area contributed by atoms with Crippen molar-refractivity contribution in [3.63, 3.8) is 0 Å². The first-order valence-corrected chi connectivity index (χ1v) is 26.0. The molecule has 1 aliphatic carbocycles. The van der Waals surface area contributed by atoms with Gasteiger partial charge >= 0.3 is 0 Å². The van der Waals surface area contributed by atoms with Gasteiger partial charge in [0.25, 0.3) is 0 Å². The van der Waals surface area contributed by atoms with Crippen LogP contribution in [0.2, 0.25) is 0 Å². The Kier molecular flexibility index (Phi) is 18.1. The highest BCUT2D eigenvalue weighted by Crippen LogP contribution is 2.47. The number of rotatable bonds is 15. The van der Waals surface area contributed by atoms with E-state index in [9.17, 15) is 61.0 Å². The summed E-state index contributed by atoms with van der Waals surface area (Å²) >= 11 is 0. The van der Waals surface area contributed by atoms with Crippen LogP contribution >= 0.6 is 0 Å². The second kappa shape index (κ2) is 23.4. The normalized spacial score (nSPS) is 42.5. The number of benzene rings is 2. The molecule has 11 N–H and O–H groups in total. The summed E-state index contributed by atoms with van der Waals surface area (Å²) in [5.74, 6) is -4.07. The van der Waals surface area contributed by atoms with E-state index in [2.05, 4.69) is 0 Å². The molecule has 5 aliphatic heterocycles. The standard InChI is InChI=1S/C52H76O24/c1-18-29(72-34-14-30(43(58)21(4)68-34)73-33-13-28(54)42(57)20(3)67-33)12-26-10-25-11-27(49(66-9)48(63)41(56)19(2)53)50(47(62)39(25)46(61)38(26)40(18)55)76-36-16-31(44(59)23(6)70-36)74-35-15-32(45(60)22(5)69-35)75-37-17-52(8,65)51(64)24(7)71-37/h10,12,19-24,27-28,30-37,41-45,49-51,53-61,64-65H,11,13-17H2,1-9H3/t19-,20?,21?,22?,23?,24?,27+,28-,30-,31-,32+,33+,34+,35+,36+,37+,41+,42-,43-,44-,45+,49+,50+,51-,52+/m1/s1. The summed E-state index contributed by atoms with van der Waals surface area (Å²) in [6.07, 6.45) is -27.0. The molecular formula is C52H76O24. The average molecular weight is 1090 g/mol. The van der Waals surface area contributed by atoms with E-state index in [4.69, 9.17) is 52.1 Å². The summed E-state index contributed by atoms with van der Waals surface area (Å²) in [7, 11) is 1.18. The Morgan fingerprint density at radius 3 is 1.70 bits per heavy atom. The lowest BCUT2D eigenvalue weighted by atomic mass is 9.75. The Balaban J connectivity index is 1.04. The van der Waals surface area contributed by atoms with Crippen LogP contribution in [-0.4, -0.2) is 222 Å². The van der Waals surface area contributed by atoms with Gasteiger partial charge in [-0.2, -0.15) is 0 Å². The maximum atomic E-state index is 15.0. The maximum absolute atomic E-state index is 15.0. The van der Waals surface area contributed by atoms with Crippen LogP contribution in [-0.2, 0) is 58.6 Å². The van der Waals surface area contributed by atoms with E-state index in [1.165, 1.54) is 46.9 Å². The molecule has 0 radical (unpaired) electrons. The largest absolute Gasteiger partial charge is 0.507 e. The third-order valence-electron chi connectivity index (χ3n) is 15.9. The third kappa shape index (κ3) is 11.9. The Hall–Kier alpha value is -3.32. The van der Waals surface area contributed by atoms with Crippen molar-refractivity contribution < 1.29 is 118 Å². The first kappa shape index (κ1) is 58.8. The van der Waals surface area contributed by atoms with Gasteiger partial charge in [0, 0.05) is 50.7 Å². The zero-order valence-corrected chi connectivity index (χ0v) is 44.0. The lowest BCUT2D eigenvalue weighted by Crippen LogP contribution is -2.58. The number of aromatic hydroxyl groups is 2. The molecule has 0 aromatic heterocycles. The molecule has 5 heterocycles. The summed E-state index contributed by atoms with van der Waals surface area (Å²) < 4.78 is 66.5.